The Morgan fingerprint density at radius 2 is 1.89 bits per heavy atom. The number of ether oxygens (including phenoxy) is 1. The first-order valence-corrected chi connectivity index (χ1v) is 10.2. The minimum absolute atomic E-state index is 0.00631. The molecule has 5 nitrogen and oxygen atoms in total. The predicted octanol–water partition coefficient (Wildman–Crippen LogP) is 4.79. The summed E-state index contributed by atoms with van der Waals surface area (Å²) in [7, 11) is 0. The summed E-state index contributed by atoms with van der Waals surface area (Å²) in [5.41, 5.74) is 4.37. The SMILES string of the molecule is CC(C)C(=O)COC1CCCCCc2c1nnn2-c1ccc(C(C)C)cc1. The Morgan fingerprint density at radius 1 is 1.15 bits per heavy atom. The van der Waals surface area contributed by atoms with Crippen molar-refractivity contribution in [2.75, 3.05) is 6.61 Å². The monoisotopic (exact) mass is 369 g/mol. The zero-order valence-corrected chi connectivity index (χ0v) is 16.9. The normalized spacial score (nSPS) is 17.6. The summed E-state index contributed by atoms with van der Waals surface area (Å²) < 4.78 is 7.95. The molecule has 27 heavy (non-hydrogen) atoms. The van der Waals surface area contributed by atoms with Gasteiger partial charge < -0.3 is 4.74 Å². The van der Waals surface area contributed by atoms with E-state index in [1.807, 2.05) is 18.5 Å². The van der Waals surface area contributed by atoms with E-state index in [0.29, 0.717) is 5.92 Å². The van der Waals surface area contributed by atoms with E-state index in [2.05, 4.69) is 48.4 Å². The van der Waals surface area contributed by atoms with Crippen LogP contribution in [0.5, 0.6) is 0 Å². The van der Waals surface area contributed by atoms with Gasteiger partial charge in [-0.05, 0) is 42.9 Å². The number of hydrogen-bond acceptors (Lipinski definition) is 4. The van der Waals surface area contributed by atoms with Gasteiger partial charge in [-0.3, -0.25) is 4.79 Å². The lowest BCUT2D eigenvalue weighted by atomic mass is 9.98. The topological polar surface area (TPSA) is 57.0 Å². The number of carbonyl (C=O) groups excluding carboxylic acids is 1. The third kappa shape index (κ3) is 4.64. The van der Waals surface area contributed by atoms with Crippen LogP contribution in [0, 0.1) is 5.92 Å². The van der Waals surface area contributed by atoms with Crippen molar-refractivity contribution in [3.05, 3.63) is 41.2 Å². The fourth-order valence-corrected chi connectivity index (χ4v) is 3.45. The van der Waals surface area contributed by atoms with Crippen molar-refractivity contribution in [1.82, 2.24) is 15.0 Å². The van der Waals surface area contributed by atoms with Gasteiger partial charge in [-0.2, -0.15) is 0 Å². The molecule has 1 heterocycles. The molecule has 0 bridgehead atoms. The maximum Gasteiger partial charge on any atom is 0.161 e. The largest absolute Gasteiger partial charge is 0.364 e. The van der Waals surface area contributed by atoms with Gasteiger partial charge in [0.05, 0.1) is 11.4 Å². The molecule has 1 atom stereocenters. The van der Waals surface area contributed by atoms with E-state index < -0.39 is 0 Å². The van der Waals surface area contributed by atoms with Crippen LogP contribution in [-0.2, 0) is 16.0 Å². The average Bonchev–Trinajstić information content (AvgIpc) is 3.04. The molecular formula is C22H31N3O2. The number of aromatic nitrogens is 3. The highest BCUT2D eigenvalue weighted by atomic mass is 16.5. The summed E-state index contributed by atoms with van der Waals surface area (Å²) in [6.07, 6.45) is 5.06. The second-order valence-corrected chi connectivity index (χ2v) is 8.10. The zero-order chi connectivity index (χ0) is 19.4. The average molecular weight is 370 g/mol. The molecule has 1 aromatic carbocycles. The molecule has 0 radical (unpaired) electrons. The highest BCUT2D eigenvalue weighted by molar-refractivity contribution is 5.81. The van der Waals surface area contributed by atoms with Crippen LogP contribution >= 0.6 is 0 Å². The lowest BCUT2D eigenvalue weighted by Crippen LogP contribution is -2.19. The second-order valence-electron chi connectivity index (χ2n) is 8.10. The Bertz CT molecular complexity index is 762. The smallest absolute Gasteiger partial charge is 0.161 e. The number of benzene rings is 1. The van der Waals surface area contributed by atoms with Crippen LogP contribution in [0.3, 0.4) is 0 Å². The molecular weight excluding hydrogens is 338 g/mol. The summed E-state index contributed by atoms with van der Waals surface area (Å²) in [5, 5.41) is 8.91. The third-order valence-electron chi connectivity index (χ3n) is 5.35. The first-order valence-electron chi connectivity index (χ1n) is 10.2. The molecule has 0 spiro atoms. The van der Waals surface area contributed by atoms with Gasteiger partial charge in [-0.15, -0.1) is 5.10 Å². The Labute approximate surface area is 162 Å². The molecule has 0 saturated heterocycles. The lowest BCUT2D eigenvalue weighted by Gasteiger charge is -2.20. The van der Waals surface area contributed by atoms with Gasteiger partial charge in [0, 0.05) is 5.92 Å². The molecule has 146 valence electrons. The second kappa shape index (κ2) is 8.79. The van der Waals surface area contributed by atoms with E-state index in [-0.39, 0.29) is 24.4 Å². The van der Waals surface area contributed by atoms with Crippen molar-refractivity contribution >= 4 is 5.78 Å². The van der Waals surface area contributed by atoms with Gasteiger partial charge in [0.1, 0.15) is 18.4 Å². The number of Topliss-reactive ketones (excluding diaryl/α,β-unsaturated/α-hetero) is 1. The van der Waals surface area contributed by atoms with E-state index in [1.165, 1.54) is 5.56 Å². The molecule has 1 unspecified atom stereocenters. The maximum absolute atomic E-state index is 12.0. The van der Waals surface area contributed by atoms with Crippen molar-refractivity contribution in [3.8, 4) is 5.69 Å². The van der Waals surface area contributed by atoms with Gasteiger partial charge in [0.15, 0.2) is 5.78 Å². The molecule has 1 aliphatic rings. The molecule has 1 aliphatic carbocycles. The third-order valence-corrected chi connectivity index (χ3v) is 5.35. The molecule has 0 saturated carbocycles. The van der Waals surface area contributed by atoms with Crippen LogP contribution in [0.25, 0.3) is 5.69 Å². The molecule has 2 aromatic rings. The Morgan fingerprint density at radius 3 is 2.56 bits per heavy atom. The minimum Gasteiger partial charge on any atom is -0.364 e. The highest BCUT2D eigenvalue weighted by Gasteiger charge is 2.25. The van der Waals surface area contributed by atoms with Crippen molar-refractivity contribution < 1.29 is 9.53 Å². The Hall–Kier alpha value is -2.01. The van der Waals surface area contributed by atoms with E-state index in [9.17, 15) is 4.79 Å². The highest BCUT2D eigenvalue weighted by Crippen LogP contribution is 2.30. The van der Waals surface area contributed by atoms with Gasteiger partial charge in [-0.1, -0.05) is 57.9 Å². The van der Waals surface area contributed by atoms with Crippen LogP contribution in [-0.4, -0.2) is 27.4 Å². The van der Waals surface area contributed by atoms with Crippen LogP contribution in [0.15, 0.2) is 24.3 Å². The van der Waals surface area contributed by atoms with Crippen LogP contribution in [0.4, 0.5) is 0 Å². The number of carbonyl (C=O) groups is 1. The zero-order valence-electron chi connectivity index (χ0n) is 16.9. The standard InChI is InChI=1S/C22H31N3O2/c1-15(2)17-10-12-18(13-11-17)25-19-8-6-5-7-9-21(22(19)23-24-25)27-14-20(26)16(3)4/h10-13,15-16,21H,5-9,14H2,1-4H3. The minimum atomic E-state index is -0.147. The van der Waals surface area contributed by atoms with Crippen molar-refractivity contribution in [2.24, 2.45) is 5.92 Å². The van der Waals surface area contributed by atoms with E-state index in [1.54, 1.807) is 0 Å². The van der Waals surface area contributed by atoms with Crippen molar-refractivity contribution in [1.29, 1.82) is 0 Å². The van der Waals surface area contributed by atoms with E-state index >= 15 is 0 Å². The Balaban J connectivity index is 1.86. The molecule has 1 aromatic heterocycles. The summed E-state index contributed by atoms with van der Waals surface area (Å²) in [6.45, 7) is 8.36. The quantitative estimate of drug-likeness (QED) is 0.734. The van der Waals surface area contributed by atoms with Crippen LogP contribution < -0.4 is 0 Å². The molecule has 3 rings (SSSR count). The van der Waals surface area contributed by atoms with Crippen molar-refractivity contribution in [2.45, 2.75) is 71.8 Å². The van der Waals surface area contributed by atoms with Gasteiger partial charge in [-0.25, -0.2) is 4.68 Å². The molecule has 0 N–H and O–H groups in total. The number of rotatable bonds is 6. The number of nitrogens with zero attached hydrogens (tertiary/aromatic N) is 3. The summed E-state index contributed by atoms with van der Waals surface area (Å²) in [5.74, 6) is 0.634. The van der Waals surface area contributed by atoms with Gasteiger partial charge in [0.2, 0.25) is 0 Å². The maximum atomic E-state index is 12.0. The van der Waals surface area contributed by atoms with Crippen molar-refractivity contribution in [3.63, 3.8) is 0 Å². The summed E-state index contributed by atoms with van der Waals surface area (Å²) in [6, 6.07) is 8.54. The summed E-state index contributed by atoms with van der Waals surface area (Å²) >= 11 is 0. The molecule has 0 amide bonds. The van der Waals surface area contributed by atoms with Crippen LogP contribution in [0.2, 0.25) is 0 Å². The number of ketones is 1. The predicted molar refractivity (Wildman–Crippen MR) is 106 cm³/mol. The Kier molecular flexibility index (Phi) is 6.42. The van der Waals surface area contributed by atoms with E-state index in [0.717, 1.165) is 49.2 Å². The summed E-state index contributed by atoms with van der Waals surface area (Å²) in [4.78, 5) is 12.0. The lowest BCUT2D eigenvalue weighted by molar-refractivity contribution is -0.129. The van der Waals surface area contributed by atoms with Gasteiger partial charge in [0.25, 0.3) is 0 Å². The van der Waals surface area contributed by atoms with E-state index in [4.69, 9.17) is 4.74 Å². The molecule has 0 aliphatic heterocycles. The fourth-order valence-electron chi connectivity index (χ4n) is 3.45. The fraction of sp³-hybridized carbons (Fsp3) is 0.591. The first kappa shape index (κ1) is 19.7. The van der Waals surface area contributed by atoms with Gasteiger partial charge >= 0.3 is 0 Å². The first-order chi connectivity index (χ1) is 13.0. The molecule has 5 heteroatoms. The number of hydrogen-bond donors (Lipinski definition) is 0. The molecule has 0 fully saturated rings. The van der Waals surface area contributed by atoms with Crippen LogP contribution in [0.1, 0.15) is 82.4 Å². The number of fused-ring (bicyclic) bond motifs is 1.